The molecule has 0 fully saturated rings. The van der Waals surface area contributed by atoms with Gasteiger partial charge in [0.2, 0.25) is 5.91 Å². The van der Waals surface area contributed by atoms with Crippen molar-refractivity contribution in [3.05, 3.63) is 59.6 Å². The van der Waals surface area contributed by atoms with Crippen molar-refractivity contribution in [1.82, 2.24) is 10.2 Å². The lowest BCUT2D eigenvalue weighted by Crippen LogP contribution is -2.60. The first-order valence-corrected chi connectivity index (χ1v) is 8.67. The Hall–Kier alpha value is -2.76. The summed E-state index contributed by atoms with van der Waals surface area (Å²) >= 11 is 0. The number of halogens is 1. The van der Waals surface area contributed by atoms with Gasteiger partial charge >= 0.3 is 0 Å². The number of nitrogens with one attached hydrogen (secondary N) is 1. The van der Waals surface area contributed by atoms with Crippen molar-refractivity contribution in [2.75, 3.05) is 0 Å². The molecule has 2 aliphatic heterocycles. The van der Waals surface area contributed by atoms with Gasteiger partial charge in [-0.05, 0) is 55.7 Å². The van der Waals surface area contributed by atoms with Crippen molar-refractivity contribution in [3.63, 3.8) is 0 Å². The summed E-state index contributed by atoms with van der Waals surface area (Å²) in [4.78, 5) is 31.0. The summed E-state index contributed by atoms with van der Waals surface area (Å²) in [7, 11) is 0. The molecule has 1 aromatic carbocycles. The van der Waals surface area contributed by atoms with Crippen LogP contribution in [0, 0.1) is 5.82 Å². The van der Waals surface area contributed by atoms with Crippen molar-refractivity contribution < 1.29 is 14.0 Å². The third kappa shape index (κ3) is 3.31. The van der Waals surface area contributed by atoms with Gasteiger partial charge in [0.25, 0.3) is 5.91 Å². The molecule has 0 saturated carbocycles. The van der Waals surface area contributed by atoms with Crippen LogP contribution >= 0.6 is 0 Å². The van der Waals surface area contributed by atoms with Crippen molar-refractivity contribution in [2.24, 2.45) is 4.99 Å². The number of hydrogen-bond donors (Lipinski definition) is 1. The second-order valence-electron chi connectivity index (χ2n) is 6.87. The van der Waals surface area contributed by atoms with Gasteiger partial charge in [0, 0.05) is 6.20 Å². The molecule has 26 heavy (non-hydrogen) atoms. The van der Waals surface area contributed by atoms with E-state index in [0.717, 1.165) is 11.1 Å². The van der Waals surface area contributed by atoms with E-state index in [9.17, 15) is 14.0 Å². The summed E-state index contributed by atoms with van der Waals surface area (Å²) in [6.07, 6.45) is 6.12. The number of carbonyl (C=O) groups excluding carboxylic acids is 2. The minimum Gasteiger partial charge on any atom is -0.347 e. The normalized spacial score (nSPS) is 23.1. The lowest BCUT2D eigenvalue weighted by Gasteiger charge is -2.42. The molecular formula is C20H22FN3O2. The Bertz CT molecular complexity index is 826. The maximum absolute atomic E-state index is 13.2. The van der Waals surface area contributed by atoms with E-state index >= 15 is 0 Å². The molecule has 1 aromatic rings. The van der Waals surface area contributed by atoms with Gasteiger partial charge in [-0.15, -0.1) is 0 Å². The largest absolute Gasteiger partial charge is 0.347 e. The first-order chi connectivity index (χ1) is 12.3. The molecule has 2 unspecified atom stereocenters. The Balaban J connectivity index is 1.86. The van der Waals surface area contributed by atoms with Crippen LogP contribution in [-0.4, -0.2) is 28.1 Å². The van der Waals surface area contributed by atoms with E-state index in [1.54, 1.807) is 36.2 Å². The topological polar surface area (TPSA) is 61.8 Å². The van der Waals surface area contributed by atoms with Crippen molar-refractivity contribution in [2.45, 2.75) is 45.2 Å². The van der Waals surface area contributed by atoms with E-state index in [4.69, 9.17) is 0 Å². The van der Waals surface area contributed by atoms with Crippen LogP contribution in [0.1, 0.15) is 45.2 Å². The van der Waals surface area contributed by atoms with Gasteiger partial charge in [-0.25, -0.2) is 4.39 Å². The monoisotopic (exact) mass is 355 g/mol. The molecule has 0 aromatic heterocycles. The summed E-state index contributed by atoms with van der Waals surface area (Å²) in [6.45, 7) is 5.60. The quantitative estimate of drug-likeness (QED) is 0.902. The molecular weight excluding hydrogens is 333 g/mol. The smallest absolute Gasteiger partial charge is 0.250 e. The Morgan fingerprint density at radius 1 is 1.38 bits per heavy atom. The Kier molecular flexibility index (Phi) is 4.76. The summed E-state index contributed by atoms with van der Waals surface area (Å²) in [5.41, 5.74) is 0.733. The second-order valence-corrected chi connectivity index (χ2v) is 6.87. The van der Waals surface area contributed by atoms with Crippen LogP contribution in [0.25, 0.3) is 0 Å². The highest BCUT2D eigenvalue weighted by atomic mass is 19.1. The molecule has 0 spiro atoms. The van der Waals surface area contributed by atoms with Gasteiger partial charge < -0.3 is 10.2 Å². The van der Waals surface area contributed by atoms with Crippen LogP contribution < -0.4 is 5.32 Å². The van der Waals surface area contributed by atoms with Gasteiger partial charge in [-0.2, -0.15) is 4.99 Å². The minimum absolute atomic E-state index is 0.000582. The van der Waals surface area contributed by atoms with Gasteiger partial charge in [0.15, 0.2) is 0 Å². The lowest BCUT2D eigenvalue weighted by molar-refractivity contribution is -0.135. The molecule has 6 heteroatoms. The van der Waals surface area contributed by atoms with Crippen molar-refractivity contribution >= 4 is 17.6 Å². The molecule has 136 valence electrons. The molecule has 0 saturated heterocycles. The molecule has 2 atom stereocenters. The van der Waals surface area contributed by atoms with Gasteiger partial charge in [-0.1, -0.05) is 19.1 Å². The van der Waals surface area contributed by atoms with Crippen molar-refractivity contribution in [1.29, 1.82) is 0 Å². The SMILES string of the molecule is CCC(NC(=O)C1(C)CC(=O)N=C2C=C(C)C=CN21)c1ccc(F)cc1. The Morgan fingerprint density at radius 2 is 2.08 bits per heavy atom. The summed E-state index contributed by atoms with van der Waals surface area (Å²) in [6, 6.07) is 5.82. The number of benzene rings is 1. The molecule has 3 rings (SSSR count). The van der Waals surface area contributed by atoms with Crippen LogP contribution in [0.3, 0.4) is 0 Å². The van der Waals surface area contributed by atoms with E-state index in [-0.39, 0.29) is 30.1 Å². The highest BCUT2D eigenvalue weighted by Gasteiger charge is 2.45. The number of aliphatic imine (C=N–C) groups is 1. The first-order valence-electron chi connectivity index (χ1n) is 8.67. The number of allylic oxidation sites excluding steroid dienone is 2. The van der Waals surface area contributed by atoms with E-state index in [1.165, 1.54) is 12.1 Å². The number of amidine groups is 1. The fourth-order valence-corrected chi connectivity index (χ4v) is 3.26. The van der Waals surface area contributed by atoms with Gasteiger partial charge in [0.05, 0.1) is 12.5 Å². The third-order valence-corrected chi connectivity index (χ3v) is 4.83. The van der Waals surface area contributed by atoms with Crippen molar-refractivity contribution in [3.8, 4) is 0 Å². The van der Waals surface area contributed by atoms with Gasteiger partial charge in [-0.3, -0.25) is 9.59 Å². The standard InChI is InChI=1S/C20H22FN3O2/c1-4-16(14-5-7-15(21)8-6-14)22-19(26)20(3)12-18(25)23-17-11-13(2)9-10-24(17)20/h5-11,16H,4,12H2,1-3H3,(H,22,26). The van der Waals surface area contributed by atoms with Gasteiger partial charge in [0.1, 0.15) is 17.2 Å². The maximum Gasteiger partial charge on any atom is 0.250 e. The number of nitrogens with zero attached hydrogens (tertiary/aromatic N) is 2. The molecule has 5 nitrogen and oxygen atoms in total. The average molecular weight is 355 g/mol. The van der Waals surface area contributed by atoms with Crippen LogP contribution in [0.5, 0.6) is 0 Å². The molecule has 0 radical (unpaired) electrons. The van der Waals surface area contributed by atoms with Crippen LogP contribution in [-0.2, 0) is 9.59 Å². The summed E-state index contributed by atoms with van der Waals surface area (Å²) < 4.78 is 13.2. The zero-order chi connectivity index (χ0) is 18.9. The summed E-state index contributed by atoms with van der Waals surface area (Å²) in [5, 5.41) is 3.01. The molecule has 2 aliphatic rings. The van der Waals surface area contributed by atoms with Crippen LogP contribution in [0.4, 0.5) is 4.39 Å². The number of rotatable bonds is 4. The minimum atomic E-state index is -1.06. The van der Waals surface area contributed by atoms with E-state index in [2.05, 4.69) is 10.3 Å². The van der Waals surface area contributed by atoms with E-state index < -0.39 is 5.54 Å². The number of hydrogen-bond acceptors (Lipinski definition) is 3. The molecule has 1 N–H and O–H groups in total. The van der Waals surface area contributed by atoms with E-state index in [1.807, 2.05) is 19.9 Å². The Morgan fingerprint density at radius 3 is 2.73 bits per heavy atom. The zero-order valence-electron chi connectivity index (χ0n) is 15.1. The fraction of sp³-hybridized carbons (Fsp3) is 0.350. The maximum atomic E-state index is 13.2. The number of fused-ring (bicyclic) bond motifs is 1. The number of carbonyl (C=O) groups is 2. The molecule has 2 amide bonds. The Labute approximate surface area is 152 Å². The van der Waals surface area contributed by atoms with Crippen LogP contribution in [0.15, 0.2) is 53.2 Å². The molecule has 2 heterocycles. The zero-order valence-corrected chi connectivity index (χ0v) is 15.1. The molecule has 0 bridgehead atoms. The fourth-order valence-electron chi connectivity index (χ4n) is 3.26. The predicted molar refractivity (Wildman–Crippen MR) is 97.8 cm³/mol. The highest BCUT2D eigenvalue weighted by Crippen LogP contribution is 2.30. The lowest BCUT2D eigenvalue weighted by atomic mass is 9.90. The second kappa shape index (κ2) is 6.86. The third-order valence-electron chi connectivity index (χ3n) is 4.83. The van der Waals surface area contributed by atoms with E-state index in [0.29, 0.717) is 12.3 Å². The average Bonchev–Trinajstić information content (AvgIpc) is 2.59. The van der Waals surface area contributed by atoms with Crippen LogP contribution in [0.2, 0.25) is 0 Å². The predicted octanol–water partition coefficient (Wildman–Crippen LogP) is 3.26. The summed E-state index contributed by atoms with van der Waals surface area (Å²) in [5.74, 6) is -0.412. The first kappa shape index (κ1) is 18.0. The highest BCUT2D eigenvalue weighted by molar-refractivity contribution is 6.10. The molecule has 0 aliphatic carbocycles. The number of amides is 2.